The summed E-state index contributed by atoms with van der Waals surface area (Å²) in [6.07, 6.45) is 5.25. The third-order valence-electron chi connectivity index (χ3n) is 3.27. The average Bonchev–Trinajstić information content (AvgIpc) is 3.11. The molecule has 110 valence electrons. The summed E-state index contributed by atoms with van der Waals surface area (Å²) in [6.45, 7) is 7.57. The zero-order valence-electron chi connectivity index (χ0n) is 12.4. The van der Waals surface area contributed by atoms with Crippen molar-refractivity contribution in [3.8, 4) is 0 Å². The van der Waals surface area contributed by atoms with Crippen molar-refractivity contribution < 1.29 is 0 Å². The maximum absolute atomic E-state index is 4.37. The predicted octanol–water partition coefficient (Wildman–Crippen LogP) is 1.63. The number of hydrogen-bond donors (Lipinski definition) is 1. The first-order valence-electron chi connectivity index (χ1n) is 6.99. The second-order valence-corrected chi connectivity index (χ2v) is 5.06. The van der Waals surface area contributed by atoms with E-state index in [1.807, 2.05) is 15.4 Å². The Balaban J connectivity index is 1.80. The maximum Gasteiger partial charge on any atom is 0.165 e. The summed E-state index contributed by atoms with van der Waals surface area (Å²) >= 11 is 0. The van der Waals surface area contributed by atoms with Crippen molar-refractivity contribution in [1.82, 2.24) is 34.5 Å². The molecule has 3 heterocycles. The van der Waals surface area contributed by atoms with E-state index in [4.69, 9.17) is 0 Å². The number of aryl methyl sites for hydroxylation is 1. The van der Waals surface area contributed by atoms with Gasteiger partial charge in [-0.3, -0.25) is 0 Å². The molecule has 1 N–H and O–H groups in total. The Labute approximate surface area is 122 Å². The van der Waals surface area contributed by atoms with Crippen molar-refractivity contribution in [2.75, 3.05) is 5.32 Å². The molecule has 0 aromatic carbocycles. The van der Waals surface area contributed by atoms with Gasteiger partial charge in [-0.15, -0.1) is 5.10 Å². The van der Waals surface area contributed by atoms with E-state index < -0.39 is 0 Å². The third kappa shape index (κ3) is 2.56. The number of nitrogens with one attached hydrogen (secondary N) is 1. The SMILES string of the molecule is CCn1cnc2c(NCc3cn(C(C)C)nn3)ncnc21. The van der Waals surface area contributed by atoms with Crippen LogP contribution in [-0.4, -0.2) is 34.5 Å². The van der Waals surface area contributed by atoms with Gasteiger partial charge in [0.15, 0.2) is 11.5 Å². The molecule has 0 spiro atoms. The minimum absolute atomic E-state index is 0.303. The Morgan fingerprint density at radius 2 is 2.10 bits per heavy atom. The lowest BCUT2D eigenvalue weighted by Crippen LogP contribution is -2.04. The van der Waals surface area contributed by atoms with Gasteiger partial charge in [0.1, 0.15) is 17.5 Å². The van der Waals surface area contributed by atoms with Crippen molar-refractivity contribution in [3.63, 3.8) is 0 Å². The fraction of sp³-hybridized carbons (Fsp3) is 0.462. The molecule has 8 heteroatoms. The first kappa shape index (κ1) is 13.5. The molecule has 0 saturated heterocycles. The lowest BCUT2D eigenvalue weighted by Gasteiger charge is -2.04. The largest absolute Gasteiger partial charge is 0.362 e. The van der Waals surface area contributed by atoms with Crippen LogP contribution in [0.4, 0.5) is 5.82 Å². The minimum Gasteiger partial charge on any atom is -0.362 e. The van der Waals surface area contributed by atoms with Crippen molar-refractivity contribution in [2.45, 2.75) is 39.9 Å². The lowest BCUT2D eigenvalue weighted by molar-refractivity contribution is 0.514. The van der Waals surface area contributed by atoms with Crippen LogP contribution in [0.5, 0.6) is 0 Å². The second-order valence-electron chi connectivity index (χ2n) is 5.06. The fourth-order valence-electron chi connectivity index (χ4n) is 2.06. The molecule has 3 aromatic heterocycles. The summed E-state index contributed by atoms with van der Waals surface area (Å²) in [5.41, 5.74) is 2.47. The molecule has 0 aliphatic rings. The standard InChI is InChI=1S/C13H18N8/c1-4-20-8-17-11-12(15-7-16-13(11)20)14-5-10-6-21(9(2)3)19-18-10/h6-9H,4-5H2,1-3H3,(H,14,15,16). The van der Waals surface area contributed by atoms with Crippen LogP contribution in [0.1, 0.15) is 32.5 Å². The molecule has 0 fully saturated rings. The van der Waals surface area contributed by atoms with E-state index in [2.05, 4.69) is 51.4 Å². The van der Waals surface area contributed by atoms with E-state index in [-0.39, 0.29) is 0 Å². The van der Waals surface area contributed by atoms with Gasteiger partial charge in [0.05, 0.1) is 19.1 Å². The molecule has 0 amide bonds. The zero-order valence-corrected chi connectivity index (χ0v) is 12.4. The molecule has 0 aliphatic heterocycles. The van der Waals surface area contributed by atoms with Crippen LogP contribution in [0.25, 0.3) is 11.2 Å². The normalized spacial score (nSPS) is 11.4. The molecule has 3 aromatic rings. The Hall–Kier alpha value is -2.51. The highest BCUT2D eigenvalue weighted by atomic mass is 15.4. The van der Waals surface area contributed by atoms with E-state index in [0.717, 1.165) is 23.4 Å². The van der Waals surface area contributed by atoms with Crippen LogP contribution < -0.4 is 5.32 Å². The van der Waals surface area contributed by atoms with Crippen LogP contribution in [-0.2, 0) is 13.1 Å². The molecule has 0 saturated carbocycles. The monoisotopic (exact) mass is 286 g/mol. The molecule has 3 rings (SSSR count). The van der Waals surface area contributed by atoms with Gasteiger partial charge in [-0.25, -0.2) is 19.6 Å². The lowest BCUT2D eigenvalue weighted by atomic mass is 10.4. The second kappa shape index (κ2) is 5.47. The Bertz CT molecular complexity index is 742. The molecule has 0 atom stereocenters. The number of rotatable bonds is 5. The molecule has 8 nitrogen and oxygen atoms in total. The number of hydrogen-bond acceptors (Lipinski definition) is 6. The van der Waals surface area contributed by atoms with Crippen molar-refractivity contribution in [3.05, 3.63) is 24.5 Å². The van der Waals surface area contributed by atoms with Crippen LogP contribution in [0.3, 0.4) is 0 Å². The molecular formula is C13H18N8. The fourth-order valence-corrected chi connectivity index (χ4v) is 2.06. The number of fused-ring (bicyclic) bond motifs is 1. The first-order chi connectivity index (χ1) is 10.2. The topological polar surface area (TPSA) is 86.3 Å². The van der Waals surface area contributed by atoms with Gasteiger partial charge < -0.3 is 9.88 Å². The summed E-state index contributed by atoms with van der Waals surface area (Å²) in [6, 6.07) is 0.303. The summed E-state index contributed by atoms with van der Waals surface area (Å²) < 4.78 is 3.82. The number of imidazole rings is 1. The van der Waals surface area contributed by atoms with Gasteiger partial charge in [0.2, 0.25) is 0 Å². The Morgan fingerprint density at radius 3 is 2.81 bits per heavy atom. The highest BCUT2D eigenvalue weighted by Gasteiger charge is 2.10. The average molecular weight is 286 g/mol. The Kier molecular flexibility index (Phi) is 3.51. The molecule has 0 radical (unpaired) electrons. The van der Waals surface area contributed by atoms with E-state index in [0.29, 0.717) is 18.4 Å². The quantitative estimate of drug-likeness (QED) is 0.767. The molecule has 0 unspecified atom stereocenters. The van der Waals surface area contributed by atoms with Crippen molar-refractivity contribution in [2.24, 2.45) is 0 Å². The molecule has 0 aliphatic carbocycles. The minimum atomic E-state index is 0.303. The van der Waals surface area contributed by atoms with Gasteiger partial charge in [0, 0.05) is 12.6 Å². The highest BCUT2D eigenvalue weighted by molar-refractivity contribution is 5.82. The van der Waals surface area contributed by atoms with Crippen LogP contribution in [0, 0.1) is 0 Å². The molecular weight excluding hydrogens is 268 g/mol. The van der Waals surface area contributed by atoms with E-state index in [1.54, 1.807) is 12.7 Å². The van der Waals surface area contributed by atoms with E-state index in [1.165, 1.54) is 0 Å². The van der Waals surface area contributed by atoms with E-state index in [9.17, 15) is 0 Å². The van der Waals surface area contributed by atoms with Crippen LogP contribution in [0.15, 0.2) is 18.9 Å². The number of nitrogens with zero attached hydrogens (tertiary/aromatic N) is 7. The first-order valence-corrected chi connectivity index (χ1v) is 6.99. The van der Waals surface area contributed by atoms with Crippen molar-refractivity contribution in [1.29, 1.82) is 0 Å². The molecule has 0 bridgehead atoms. The van der Waals surface area contributed by atoms with Crippen LogP contribution >= 0.6 is 0 Å². The van der Waals surface area contributed by atoms with E-state index >= 15 is 0 Å². The smallest absolute Gasteiger partial charge is 0.165 e. The summed E-state index contributed by atoms with van der Waals surface area (Å²) in [4.78, 5) is 12.9. The van der Waals surface area contributed by atoms with Gasteiger partial charge in [-0.2, -0.15) is 0 Å². The third-order valence-corrected chi connectivity index (χ3v) is 3.27. The summed E-state index contributed by atoms with van der Waals surface area (Å²) in [5.74, 6) is 0.714. The van der Waals surface area contributed by atoms with Gasteiger partial charge >= 0.3 is 0 Å². The van der Waals surface area contributed by atoms with Gasteiger partial charge in [-0.1, -0.05) is 5.21 Å². The molecule has 21 heavy (non-hydrogen) atoms. The van der Waals surface area contributed by atoms with Gasteiger partial charge in [0.25, 0.3) is 0 Å². The maximum atomic E-state index is 4.37. The van der Waals surface area contributed by atoms with Crippen molar-refractivity contribution >= 4 is 17.0 Å². The zero-order chi connectivity index (χ0) is 14.8. The predicted molar refractivity (Wildman–Crippen MR) is 78.7 cm³/mol. The van der Waals surface area contributed by atoms with Gasteiger partial charge in [-0.05, 0) is 20.8 Å². The Morgan fingerprint density at radius 1 is 1.24 bits per heavy atom. The summed E-state index contributed by atoms with van der Waals surface area (Å²) in [5, 5.41) is 11.5. The highest BCUT2D eigenvalue weighted by Crippen LogP contribution is 2.17. The number of anilines is 1. The number of aromatic nitrogens is 7. The van der Waals surface area contributed by atoms with Crippen LogP contribution in [0.2, 0.25) is 0 Å². The summed E-state index contributed by atoms with van der Waals surface area (Å²) in [7, 11) is 0.